The molecule has 0 fully saturated rings. The molecule has 2 atom stereocenters. The Hall–Kier alpha value is -3.61. The Morgan fingerprint density at radius 1 is 1.00 bits per heavy atom. The molecule has 3 amide bonds. The zero-order chi connectivity index (χ0) is 28.6. The van der Waals surface area contributed by atoms with E-state index in [9.17, 15) is 14.4 Å². The third kappa shape index (κ3) is 8.47. The third-order valence-corrected chi connectivity index (χ3v) is 6.21. The Labute approximate surface area is 227 Å². The lowest BCUT2D eigenvalue weighted by molar-refractivity contribution is -0.140. The highest BCUT2D eigenvalue weighted by Crippen LogP contribution is 2.29. The van der Waals surface area contributed by atoms with Gasteiger partial charge >= 0.3 is 6.09 Å². The van der Waals surface area contributed by atoms with Crippen molar-refractivity contribution in [2.75, 3.05) is 11.9 Å². The first-order valence-corrected chi connectivity index (χ1v) is 13.1. The molecule has 2 N–H and O–H groups in total. The smallest absolute Gasteiger partial charge is 0.408 e. The van der Waals surface area contributed by atoms with E-state index in [1.54, 1.807) is 26.8 Å². The van der Waals surface area contributed by atoms with Crippen molar-refractivity contribution in [1.82, 2.24) is 10.2 Å². The summed E-state index contributed by atoms with van der Waals surface area (Å²) in [4.78, 5) is 42.3. The van der Waals surface area contributed by atoms with Crippen LogP contribution in [0.2, 0.25) is 0 Å². The van der Waals surface area contributed by atoms with E-state index in [1.807, 2.05) is 77.1 Å². The van der Waals surface area contributed by atoms with Crippen molar-refractivity contribution in [1.29, 1.82) is 0 Å². The van der Waals surface area contributed by atoms with Gasteiger partial charge in [-0.15, -0.1) is 6.58 Å². The molecule has 2 aromatic carbocycles. The number of hydrogen-bond acceptors (Lipinski definition) is 4. The number of aryl methyl sites for hydroxylation is 2. The first kappa shape index (κ1) is 30.6. The number of alkyl carbamates (subject to hydrolysis) is 1. The van der Waals surface area contributed by atoms with Crippen molar-refractivity contribution in [3.63, 3.8) is 0 Å². The van der Waals surface area contributed by atoms with E-state index in [2.05, 4.69) is 17.2 Å². The fraction of sp³-hybridized carbons (Fsp3) is 0.452. The number of para-hydroxylation sites is 1. The highest BCUT2D eigenvalue weighted by molar-refractivity contribution is 5.99. The standard InChI is InChI=1S/C31H43N3O4/c1-10-18-34(29(36)26(19-20(2)3)33-30(37)38-31(7,8)9)27(24-16-13-15-21(4)23(24)6)28(35)32-25-17-12-11-14-22(25)5/h10-17,20,26-27H,1,18-19H2,2-9H3,(H,32,35)(H,33,37). The second-order valence-electron chi connectivity index (χ2n) is 11.1. The maximum Gasteiger partial charge on any atom is 0.408 e. The van der Waals surface area contributed by atoms with Crippen LogP contribution in [0.5, 0.6) is 0 Å². The van der Waals surface area contributed by atoms with E-state index < -0.39 is 23.8 Å². The molecular formula is C31H43N3O4. The largest absolute Gasteiger partial charge is 0.444 e. The van der Waals surface area contributed by atoms with E-state index in [-0.39, 0.29) is 24.3 Å². The molecule has 0 heterocycles. The van der Waals surface area contributed by atoms with E-state index in [4.69, 9.17) is 4.74 Å². The molecule has 0 aliphatic carbocycles. The SMILES string of the molecule is C=CCN(C(=O)C(CC(C)C)NC(=O)OC(C)(C)C)C(C(=O)Nc1ccccc1C)c1cccc(C)c1C. The summed E-state index contributed by atoms with van der Waals surface area (Å²) in [6.07, 6.45) is 1.30. The Morgan fingerprint density at radius 2 is 1.63 bits per heavy atom. The zero-order valence-electron chi connectivity index (χ0n) is 24.1. The lowest BCUT2D eigenvalue weighted by atomic mass is 9.94. The predicted molar refractivity (Wildman–Crippen MR) is 153 cm³/mol. The number of benzene rings is 2. The van der Waals surface area contributed by atoms with Crippen LogP contribution in [0, 0.1) is 26.7 Å². The van der Waals surface area contributed by atoms with Crippen LogP contribution < -0.4 is 10.6 Å². The Morgan fingerprint density at radius 3 is 2.21 bits per heavy atom. The highest BCUT2D eigenvalue weighted by Gasteiger charge is 2.37. The van der Waals surface area contributed by atoms with Crippen molar-refractivity contribution in [2.24, 2.45) is 5.92 Å². The molecule has 0 spiro atoms. The van der Waals surface area contributed by atoms with Gasteiger partial charge in [-0.25, -0.2) is 4.79 Å². The number of ether oxygens (including phenoxy) is 1. The van der Waals surface area contributed by atoms with Crippen molar-refractivity contribution in [3.05, 3.63) is 77.4 Å². The molecule has 2 aromatic rings. The predicted octanol–water partition coefficient (Wildman–Crippen LogP) is 6.25. The topological polar surface area (TPSA) is 87.7 Å². The number of nitrogens with zero attached hydrogens (tertiary/aromatic N) is 1. The Bertz CT molecular complexity index is 1150. The minimum absolute atomic E-state index is 0.101. The van der Waals surface area contributed by atoms with Gasteiger partial charge in [-0.2, -0.15) is 0 Å². The lowest BCUT2D eigenvalue weighted by Crippen LogP contribution is -2.53. The van der Waals surface area contributed by atoms with E-state index in [0.717, 1.165) is 16.7 Å². The van der Waals surface area contributed by atoms with Crippen LogP contribution in [0.25, 0.3) is 0 Å². The quantitative estimate of drug-likeness (QED) is 0.362. The minimum atomic E-state index is -0.949. The summed E-state index contributed by atoms with van der Waals surface area (Å²) in [6.45, 7) is 19.0. The second-order valence-corrected chi connectivity index (χ2v) is 11.1. The number of carbonyl (C=O) groups excluding carboxylic acids is 3. The molecule has 0 saturated heterocycles. The molecule has 0 radical (unpaired) electrons. The Kier molecular flexibility index (Phi) is 10.7. The van der Waals surface area contributed by atoms with Crippen molar-refractivity contribution < 1.29 is 19.1 Å². The fourth-order valence-corrected chi connectivity index (χ4v) is 4.24. The molecule has 7 nitrogen and oxygen atoms in total. The molecule has 0 aliphatic rings. The van der Waals surface area contributed by atoms with Gasteiger partial charge in [0.2, 0.25) is 5.91 Å². The molecule has 2 unspecified atom stereocenters. The first-order chi connectivity index (χ1) is 17.7. The van der Waals surface area contributed by atoms with Crippen LogP contribution in [-0.2, 0) is 14.3 Å². The zero-order valence-corrected chi connectivity index (χ0v) is 24.1. The van der Waals surface area contributed by atoms with Crippen molar-refractivity contribution in [3.8, 4) is 0 Å². The second kappa shape index (κ2) is 13.3. The number of amides is 3. The van der Waals surface area contributed by atoms with Gasteiger partial charge in [-0.3, -0.25) is 9.59 Å². The van der Waals surface area contributed by atoms with Gasteiger partial charge < -0.3 is 20.3 Å². The molecular weight excluding hydrogens is 478 g/mol. The molecule has 0 aromatic heterocycles. The minimum Gasteiger partial charge on any atom is -0.444 e. The molecule has 7 heteroatoms. The van der Waals surface area contributed by atoms with Gasteiger partial charge in [0.1, 0.15) is 17.7 Å². The fourth-order valence-electron chi connectivity index (χ4n) is 4.24. The normalized spacial score (nSPS) is 12.9. The summed E-state index contributed by atoms with van der Waals surface area (Å²) in [7, 11) is 0. The van der Waals surface area contributed by atoms with Crippen LogP contribution >= 0.6 is 0 Å². The van der Waals surface area contributed by atoms with E-state index in [1.165, 1.54) is 4.90 Å². The molecule has 0 aliphatic heterocycles. The monoisotopic (exact) mass is 521 g/mol. The van der Waals surface area contributed by atoms with Gasteiger partial charge in [0.25, 0.3) is 5.91 Å². The summed E-state index contributed by atoms with van der Waals surface area (Å²) in [5.74, 6) is -0.622. The van der Waals surface area contributed by atoms with Gasteiger partial charge in [-0.1, -0.05) is 56.3 Å². The van der Waals surface area contributed by atoms with E-state index in [0.29, 0.717) is 17.7 Å². The van der Waals surface area contributed by atoms with Gasteiger partial charge in [0.15, 0.2) is 0 Å². The number of nitrogens with one attached hydrogen (secondary N) is 2. The Balaban J connectivity index is 2.57. The van der Waals surface area contributed by atoms with Crippen LogP contribution in [0.3, 0.4) is 0 Å². The van der Waals surface area contributed by atoms with Gasteiger partial charge in [0.05, 0.1) is 0 Å². The highest BCUT2D eigenvalue weighted by atomic mass is 16.6. The number of anilines is 1. The summed E-state index contributed by atoms with van der Waals surface area (Å²) in [5, 5.41) is 5.78. The third-order valence-electron chi connectivity index (χ3n) is 6.21. The molecule has 0 saturated carbocycles. The molecule has 2 rings (SSSR count). The van der Waals surface area contributed by atoms with Gasteiger partial charge in [-0.05, 0) is 82.2 Å². The van der Waals surface area contributed by atoms with Crippen LogP contribution in [0.15, 0.2) is 55.1 Å². The number of rotatable bonds is 10. The molecule has 38 heavy (non-hydrogen) atoms. The average Bonchev–Trinajstić information content (AvgIpc) is 2.80. The van der Waals surface area contributed by atoms with Gasteiger partial charge in [0, 0.05) is 12.2 Å². The summed E-state index contributed by atoms with van der Waals surface area (Å²) < 4.78 is 5.44. The van der Waals surface area contributed by atoms with Crippen LogP contribution in [0.4, 0.5) is 10.5 Å². The summed E-state index contributed by atoms with van der Waals surface area (Å²) >= 11 is 0. The number of hydrogen-bond donors (Lipinski definition) is 2. The number of carbonyl (C=O) groups is 3. The van der Waals surface area contributed by atoms with Crippen LogP contribution in [-0.4, -0.2) is 41.0 Å². The summed E-state index contributed by atoms with van der Waals surface area (Å²) in [6, 6.07) is 11.4. The molecule has 0 bridgehead atoms. The maximum atomic E-state index is 14.1. The summed E-state index contributed by atoms with van der Waals surface area (Å²) in [5.41, 5.74) is 3.50. The van der Waals surface area contributed by atoms with E-state index >= 15 is 0 Å². The average molecular weight is 522 g/mol. The molecule has 206 valence electrons. The lowest BCUT2D eigenvalue weighted by Gasteiger charge is -2.35. The first-order valence-electron chi connectivity index (χ1n) is 13.1. The van der Waals surface area contributed by atoms with Crippen LogP contribution in [0.1, 0.15) is 69.3 Å². The maximum absolute atomic E-state index is 14.1. The van der Waals surface area contributed by atoms with Crippen molar-refractivity contribution in [2.45, 2.75) is 79.5 Å². The van der Waals surface area contributed by atoms with Crippen molar-refractivity contribution >= 4 is 23.6 Å².